The Hall–Kier alpha value is -3.75. The Kier molecular flexibility index (Phi) is 5.46. The zero-order chi connectivity index (χ0) is 20.1. The molecule has 1 aromatic carbocycles. The molecule has 3 aromatic heterocycles. The molecule has 29 heavy (non-hydrogen) atoms. The highest BCUT2D eigenvalue weighted by Crippen LogP contribution is 2.18. The molecular weight excluding hydrogens is 370 g/mol. The van der Waals surface area contributed by atoms with Gasteiger partial charge >= 0.3 is 6.03 Å². The Labute approximate surface area is 167 Å². The van der Waals surface area contributed by atoms with Crippen molar-refractivity contribution in [2.45, 2.75) is 26.3 Å². The Balaban J connectivity index is 1.28. The van der Waals surface area contributed by atoms with Gasteiger partial charge in [-0.25, -0.2) is 4.79 Å². The van der Waals surface area contributed by atoms with E-state index in [2.05, 4.69) is 43.1 Å². The number of nitrogens with one attached hydrogen (secondary N) is 2. The van der Waals surface area contributed by atoms with Crippen molar-refractivity contribution in [2.24, 2.45) is 0 Å². The number of hydrogen-bond donors (Lipinski definition) is 2. The van der Waals surface area contributed by atoms with Gasteiger partial charge in [0.1, 0.15) is 0 Å². The van der Waals surface area contributed by atoms with Crippen molar-refractivity contribution in [3.63, 3.8) is 0 Å². The number of rotatable bonds is 7. The van der Waals surface area contributed by atoms with Crippen LogP contribution in [0.1, 0.15) is 23.6 Å². The Morgan fingerprint density at radius 2 is 2.00 bits per heavy atom. The average Bonchev–Trinajstić information content (AvgIpc) is 3.36. The second-order valence-corrected chi connectivity index (χ2v) is 6.61. The highest BCUT2D eigenvalue weighted by molar-refractivity contribution is 5.73. The van der Waals surface area contributed by atoms with Crippen molar-refractivity contribution in [1.82, 2.24) is 35.4 Å². The van der Waals surface area contributed by atoms with Crippen LogP contribution in [0, 0.1) is 6.92 Å². The molecule has 0 unspecified atom stereocenters. The minimum absolute atomic E-state index is 0.229. The summed E-state index contributed by atoms with van der Waals surface area (Å²) >= 11 is 0. The molecule has 3 heterocycles. The fourth-order valence-corrected chi connectivity index (χ4v) is 2.97. The van der Waals surface area contributed by atoms with Gasteiger partial charge in [-0.2, -0.15) is 4.98 Å². The fraction of sp³-hybridized carbons (Fsp3) is 0.250. The summed E-state index contributed by atoms with van der Waals surface area (Å²) in [5.41, 5.74) is 2.67. The number of aryl methyl sites for hydroxylation is 2. The van der Waals surface area contributed by atoms with Gasteiger partial charge in [0.25, 0.3) is 5.89 Å². The number of fused-ring (bicyclic) bond motifs is 1. The van der Waals surface area contributed by atoms with Gasteiger partial charge in [0.15, 0.2) is 17.3 Å². The lowest BCUT2D eigenvalue weighted by Crippen LogP contribution is -2.36. The molecule has 0 bridgehead atoms. The Morgan fingerprint density at radius 3 is 2.79 bits per heavy atom. The van der Waals surface area contributed by atoms with Crippen LogP contribution < -0.4 is 10.6 Å². The molecule has 0 aliphatic carbocycles. The van der Waals surface area contributed by atoms with Crippen molar-refractivity contribution < 1.29 is 9.32 Å². The normalized spacial score (nSPS) is 10.9. The van der Waals surface area contributed by atoms with Gasteiger partial charge in [0.05, 0.1) is 6.54 Å². The topological polar surface area (TPSA) is 110 Å². The molecule has 148 valence electrons. The molecule has 9 nitrogen and oxygen atoms in total. The molecule has 0 spiro atoms. The molecule has 4 rings (SSSR count). The van der Waals surface area contributed by atoms with Crippen LogP contribution in [0.5, 0.6) is 0 Å². The zero-order valence-electron chi connectivity index (χ0n) is 16.0. The molecule has 0 aliphatic heterocycles. The molecule has 0 atom stereocenters. The van der Waals surface area contributed by atoms with E-state index in [0.717, 1.165) is 18.4 Å². The first-order chi connectivity index (χ1) is 14.2. The van der Waals surface area contributed by atoms with Crippen LogP contribution in [0.15, 0.2) is 53.2 Å². The van der Waals surface area contributed by atoms with Crippen molar-refractivity contribution in [3.05, 3.63) is 65.9 Å². The largest absolute Gasteiger partial charge is 0.338 e. The van der Waals surface area contributed by atoms with Gasteiger partial charge in [-0.15, -0.1) is 10.2 Å². The first-order valence-electron chi connectivity index (χ1n) is 9.39. The molecule has 4 aromatic rings. The molecule has 0 radical (unpaired) electrons. The second kappa shape index (κ2) is 8.51. The molecule has 0 fully saturated rings. The maximum atomic E-state index is 12.0. The predicted octanol–water partition coefficient (Wildman–Crippen LogP) is 2.52. The highest BCUT2D eigenvalue weighted by atomic mass is 16.5. The summed E-state index contributed by atoms with van der Waals surface area (Å²) < 4.78 is 6.98. The summed E-state index contributed by atoms with van der Waals surface area (Å²) in [6.45, 7) is 2.64. The monoisotopic (exact) mass is 391 g/mol. The van der Waals surface area contributed by atoms with Gasteiger partial charge in [0.2, 0.25) is 0 Å². The Bertz CT molecular complexity index is 1100. The number of pyridine rings is 1. The van der Waals surface area contributed by atoms with Crippen LogP contribution in [-0.4, -0.2) is 37.3 Å². The zero-order valence-corrected chi connectivity index (χ0v) is 16.0. The van der Waals surface area contributed by atoms with Crippen LogP contribution in [0.3, 0.4) is 0 Å². The number of carbonyl (C=O) groups is 1. The van der Waals surface area contributed by atoms with Crippen molar-refractivity contribution in [3.8, 4) is 11.5 Å². The molecule has 9 heteroatoms. The van der Waals surface area contributed by atoms with Crippen LogP contribution in [0.25, 0.3) is 17.1 Å². The van der Waals surface area contributed by atoms with E-state index in [1.807, 2.05) is 40.9 Å². The first-order valence-corrected chi connectivity index (χ1v) is 9.39. The summed E-state index contributed by atoms with van der Waals surface area (Å²) in [5, 5.41) is 17.8. The van der Waals surface area contributed by atoms with Gasteiger partial charge in [0, 0.05) is 18.3 Å². The van der Waals surface area contributed by atoms with Crippen molar-refractivity contribution >= 4 is 11.7 Å². The van der Waals surface area contributed by atoms with Crippen LogP contribution >= 0.6 is 0 Å². The van der Waals surface area contributed by atoms with Gasteiger partial charge in [-0.3, -0.25) is 4.40 Å². The summed E-state index contributed by atoms with van der Waals surface area (Å²) in [7, 11) is 0. The predicted molar refractivity (Wildman–Crippen MR) is 106 cm³/mol. The third kappa shape index (κ3) is 4.57. The van der Waals surface area contributed by atoms with Crippen LogP contribution in [-0.2, 0) is 13.0 Å². The molecule has 0 aliphatic rings. The van der Waals surface area contributed by atoms with Crippen LogP contribution in [0.2, 0.25) is 0 Å². The average molecular weight is 391 g/mol. The second-order valence-electron chi connectivity index (χ2n) is 6.61. The number of carbonyl (C=O) groups excluding carboxylic acids is 1. The number of amides is 2. The SMILES string of the molecule is Cc1noc(-c2ccn3c(CNC(=O)NCCCc4ccccc4)nnc3c2)n1. The molecule has 2 N–H and O–H groups in total. The number of hydrogen-bond acceptors (Lipinski definition) is 6. The van der Waals surface area contributed by atoms with Gasteiger partial charge < -0.3 is 15.2 Å². The lowest BCUT2D eigenvalue weighted by atomic mass is 10.1. The number of nitrogens with zero attached hydrogens (tertiary/aromatic N) is 5. The molecule has 0 saturated heterocycles. The van der Waals surface area contributed by atoms with Crippen LogP contribution in [0.4, 0.5) is 4.79 Å². The van der Waals surface area contributed by atoms with Gasteiger partial charge in [-0.05, 0) is 37.5 Å². The molecule has 2 amide bonds. The lowest BCUT2D eigenvalue weighted by Gasteiger charge is -2.07. The van der Waals surface area contributed by atoms with E-state index in [0.29, 0.717) is 29.7 Å². The molecule has 0 saturated carbocycles. The van der Waals surface area contributed by atoms with E-state index >= 15 is 0 Å². The van der Waals surface area contributed by atoms with E-state index in [9.17, 15) is 4.79 Å². The summed E-state index contributed by atoms with van der Waals surface area (Å²) in [6.07, 6.45) is 3.63. The minimum Gasteiger partial charge on any atom is -0.338 e. The highest BCUT2D eigenvalue weighted by Gasteiger charge is 2.11. The van der Waals surface area contributed by atoms with Crippen molar-refractivity contribution in [1.29, 1.82) is 0 Å². The standard InChI is InChI=1S/C20H21N7O2/c1-14-23-19(29-26-14)16-9-11-27-17(12-16)24-25-18(27)13-22-20(28)21-10-5-8-15-6-3-2-4-7-15/h2-4,6-7,9,11-12H,5,8,10,13H2,1H3,(H2,21,22,28). The number of benzene rings is 1. The summed E-state index contributed by atoms with van der Waals surface area (Å²) in [6, 6.07) is 13.6. The van der Waals surface area contributed by atoms with E-state index in [1.54, 1.807) is 6.92 Å². The van der Waals surface area contributed by atoms with Gasteiger partial charge in [-0.1, -0.05) is 35.5 Å². The van der Waals surface area contributed by atoms with E-state index in [4.69, 9.17) is 4.52 Å². The number of urea groups is 1. The summed E-state index contributed by atoms with van der Waals surface area (Å²) in [4.78, 5) is 16.2. The third-order valence-electron chi connectivity index (χ3n) is 4.43. The third-order valence-corrected chi connectivity index (χ3v) is 4.43. The quantitative estimate of drug-likeness (QED) is 0.469. The minimum atomic E-state index is -0.229. The van der Waals surface area contributed by atoms with E-state index < -0.39 is 0 Å². The number of aromatic nitrogens is 5. The fourth-order valence-electron chi connectivity index (χ4n) is 2.97. The van der Waals surface area contributed by atoms with E-state index in [-0.39, 0.29) is 12.6 Å². The van der Waals surface area contributed by atoms with Crippen molar-refractivity contribution in [2.75, 3.05) is 6.54 Å². The summed E-state index contributed by atoms with van der Waals surface area (Å²) in [5.74, 6) is 1.64. The first kappa shape index (κ1) is 18.6. The van der Waals surface area contributed by atoms with E-state index in [1.165, 1.54) is 5.56 Å². The Morgan fingerprint density at radius 1 is 1.14 bits per heavy atom. The maximum Gasteiger partial charge on any atom is 0.315 e. The smallest absolute Gasteiger partial charge is 0.315 e. The molecular formula is C20H21N7O2. The maximum absolute atomic E-state index is 12.0. The lowest BCUT2D eigenvalue weighted by molar-refractivity contribution is 0.240.